The highest BCUT2D eigenvalue weighted by Gasteiger charge is 2.25. The van der Waals surface area contributed by atoms with Crippen LogP contribution in [-0.4, -0.2) is 24.5 Å². The Morgan fingerprint density at radius 2 is 1.02 bits per heavy atom. The van der Waals surface area contributed by atoms with Crippen molar-refractivity contribution in [3.8, 4) is 39.9 Å². The number of rotatable bonds is 4. The molecule has 10 aromatic rings. The van der Waals surface area contributed by atoms with Gasteiger partial charge in [0.2, 0.25) is 0 Å². The summed E-state index contributed by atoms with van der Waals surface area (Å²) in [5, 5.41) is 5.11. The number of benzene rings is 7. The first-order valence-electron chi connectivity index (χ1n) is 17.8. The molecule has 0 unspecified atom stereocenters. The zero-order valence-corrected chi connectivity index (χ0v) is 28.2. The number of nitrogens with one attached hydrogen (secondary N) is 1. The molecule has 5 heteroatoms. The van der Waals surface area contributed by atoms with E-state index in [2.05, 4.69) is 107 Å². The second-order valence-electron chi connectivity index (χ2n) is 13.7. The fourth-order valence-corrected chi connectivity index (χ4v) is 8.29. The first kappa shape index (κ1) is 28.9. The predicted octanol–water partition coefficient (Wildman–Crippen LogP) is 11.1. The van der Waals surface area contributed by atoms with Crippen LogP contribution < -0.4 is 0 Å². The van der Waals surface area contributed by atoms with E-state index >= 15 is 0 Å². The van der Waals surface area contributed by atoms with E-state index in [9.17, 15) is 0 Å². The summed E-state index contributed by atoms with van der Waals surface area (Å²) in [5.41, 5.74) is 14.4. The average Bonchev–Trinajstić information content (AvgIpc) is 3.77. The van der Waals surface area contributed by atoms with Crippen molar-refractivity contribution in [2.24, 2.45) is 0 Å². The molecule has 1 aliphatic carbocycles. The molecule has 0 bridgehead atoms. The SMILES string of the molecule is c1ccc(-c2nc(-c3ccccc3)nc(-c3cccc(-n4c5ccccc5c5ccc6c(c54)Cc4ccc5c([nH]c7ccccc75)c4C6)c3)n2)cc1. The standard InChI is InChI=1S/C47H31N5/c1-3-12-29(13-4-1)45-49-46(30-14-5-2-6-15-30)51-47(50-45)33-16-11-17-34(26-33)52-42-21-10-8-19-36(42)38-25-23-32-27-39-31(28-40(32)44(38)52)22-24-37-35-18-7-9-20-41(35)48-43(37)39/h1-26,48H,27-28H2. The third-order valence-corrected chi connectivity index (χ3v) is 10.7. The smallest absolute Gasteiger partial charge is 0.164 e. The van der Waals surface area contributed by atoms with Gasteiger partial charge in [-0.3, -0.25) is 0 Å². The fraction of sp³-hybridized carbons (Fsp3) is 0.0426. The predicted molar refractivity (Wildman–Crippen MR) is 212 cm³/mol. The summed E-state index contributed by atoms with van der Waals surface area (Å²) in [6.07, 6.45) is 1.76. The number of H-pyrrole nitrogens is 1. The number of aromatic nitrogens is 5. The fourth-order valence-electron chi connectivity index (χ4n) is 8.29. The summed E-state index contributed by atoms with van der Waals surface area (Å²) in [7, 11) is 0. The molecule has 0 spiro atoms. The van der Waals surface area contributed by atoms with E-state index in [0.717, 1.165) is 35.2 Å². The normalized spacial score (nSPS) is 12.5. The Morgan fingerprint density at radius 1 is 0.442 bits per heavy atom. The molecule has 0 atom stereocenters. The maximum absolute atomic E-state index is 5.05. The number of hydrogen-bond acceptors (Lipinski definition) is 3. The van der Waals surface area contributed by atoms with Crippen LogP contribution in [0.2, 0.25) is 0 Å². The summed E-state index contributed by atoms with van der Waals surface area (Å²) in [4.78, 5) is 18.8. The maximum atomic E-state index is 5.05. The molecule has 1 aliphatic rings. The van der Waals surface area contributed by atoms with Crippen LogP contribution in [0.3, 0.4) is 0 Å². The molecule has 244 valence electrons. The van der Waals surface area contributed by atoms with Crippen molar-refractivity contribution in [1.29, 1.82) is 0 Å². The minimum atomic E-state index is 0.647. The Balaban J connectivity index is 1.10. The molecule has 3 heterocycles. The quantitative estimate of drug-likeness (QED) is 0.204. The van der Waals surface area contributed by atoms with Crippen molar-refractivity contribution < 1.29 is 0 Å². The van der Waals surface area contributed by atoms with E-state index < -0.39 is 0 Å². The number of nitrogens with zero attached hydrogens (tertiary/aromatic N) is 4. The minimum absolute atomic E-state index is 0.647. The Hall–Kier alpha value is -6.85. The number of hydrogen-bond donors (Lipinski definition) is 1. The largest absolute Gasteiger partial charge is 0.354 e. The maximum Gasteiger partial charge on any atom is 0.164 e. The van der Waals surface area contributed by atoms with Crippen molar-refractivity contribution in [3.05, 3.63) is 180 Å². The Labute approximate surface area is 299 Å². The second-order valence-corrected chi connectivity index (χ2v) is 13.7. The molecule has 52 heavy (non-hydrogen) atoms. The molecule has 7 aromatic carbocycles. The number of para-hydroxylation sites is 2. The highest BCUT2D eigenvalue weighted by atomic mass is 15.0. The van der Waals surface area contributed by atoms with E-state index in [0.29, 0.717) is 17.5 Å². The second kappa shape index (κ2) is 11.3. The summed E-state index contributed by atoms with van der Waals surface area (Å²) < 4.78 is 2.46. The third-order valence-electron chi connectivity index (χ3n) is 10.7. The van der Waals surface area contributed by atoms with Crippen LogP contribution in [0.25, 0.3) is 83.5 Å². The van der Waals surface area contributed by atoms with E-state index in [-0.39, 0.29) is 0 Å². The van der Waals surface area contributed by atoms with Crippen LogP contribution >= 0.6 is 0 Å². The van der Waals surface area contributed by atoms with Crippen molar-refractivity contribution in [1.82, 2.24) is 24.5 Å². The summed E-state index contributed by atoms with van der Waals surface area (Å²) in [6, 6.07) is 55.7. The molecule has 0 saturated heterocycles. The Morgan fingerprint density at radius 3 is 1.77 bits per heavy atom. The van der Waals surface area contributed by atoms with Gasteiger partial charge < -0.3 is 9.55 Å². The average molecular weight is 666 g/mol. The molecule has 1 N–H and O–H groups in total. The zero-order valence-electron chi connectivity index (χ0n) is 28.2. The van der Waals surface area contributed by atoms with Crippen molar-refractivity contribution in [2.45, 2.75) is 12.8 Å². The van der Waals surface area contributed by atoms with E-state index in [1.54, 1.807) is 0 Å². The van der Waals surface area contributed by atoms with Crippen LogP contribution in [0, 0.1) is 0 Å². The molecule has 3 aromatic heterocycles. The van der Waals surface area contributed by atoms with Gasteiger partial charge in [0.15, 0.2) is 17.5 Å². The first-order chi connectivity index (χ1) is 25.8. The highest BCUT2D eigenvalue weighted by molar-refractivity contribution is 6.12. The van der Waals surface area contributed by atoms with E-state index in [4.69, 9.17) is 15.0 Å². The van der Waals surface area contributed by atoms with Crippen molar-refractivity contribution in [2.75, 3.05) is 0 Å². The molecule has 0 aliphatic heterocycles. The van der Waals surface area contributed by atoms with Gasteiger partial charge in [-0.2, -0.15) is 0 Å². The van der Waals surface area contributed by atoms with Gasteiger partial charge in [0.05, 0.1) is 16.6 Å². The lowest BCUT2D eigenvalue weighted by atomic mass is 9.83. The third kappa shape index (κ3) is 4.46. The lowest BCUT2D eigenvalue weighted by Crippen LogP contribution is -2.10. The van der Waals surface area contributed by atoms with Gasteiger partial charge in [-0.15, -0.1) is 0 Å². The van der Waals surface area contributed by atoms with Gasteiger partial charge in [0.1, 0.15) is 0 Å². The summed E-state index contributed by atoms with van der Waals surface area (Å²) in [6.45, 7) is 0. The van der Waals surface area contributed by atoms with E-state index in [1.807, 2.05) is 60.7 Å². The molecule has 11 rings (SSSR count). The topological polar surface area (TPSA) is 59.4 Å². The van der Waals surface area contributed by atoms with Crippen molar-refractivity contribution >= 4 is 43.6 Å². The van der Waals surface area contributed by atoms with Gasteiger partial charge in [-0.05, 0) is 46.5 Å². The molecule has 0 fully saturated rings. The lowest BCUT2D eigenvalue weighted by molar-refractivity contribution is 1.01. The van der Waals surface area contributed by atoms with Gasteiger partial charge in [0.25, 0.3) is 0 Å². The van der Waals surface area contributed by atoms with Gasteiger partial charge in [-0.25, -0.2) is 15.0 Å². The molecular weight excluding hydrogens is 635 g/mol. The molecule has 0 amide bonds. The van der Waals surface area contributed by atoms with Crippen LogP contribution in [0.1, 0.15) is 22.3 Å². The number of aromatic amines is 1. The monoisotopic (exact) mass is 665 g/mol. The summed E-state index contributed by atoms with van der Waals surface area (Å²) in [5.74, 6) is 1.96. The van der Waals surface area contributed by atoms with Gasteiger partial charge in [0, 0.05) is 62.3 Å². The van der Waals surface area contributed by atoms with Gasteiger partial charge in [-0.1, -0.05) is 133 Å². The van der Waals surface area contributed by atoms with Crippen LogP contribution in [0.4, 0.5) is 0 Å². The molecular formula is C47H31N5. The zero-order chi connectivity index (χ0) is 34.2. The molecule has 0 saturated carbocycles. The van der Waals surface area contributed by atoms with Crippen LogP contribution in [-0.2, 0) is 12.8 Å². The van der Waals surface area contributed by atoms with Crippen LogP contribution in [0.15, 0.2) is 158 Å². The van der Waals surface area contributed by atoms with Crippen molar-refractivity contribution in [3.63, 3.8) is 0 Å². The van der Waals surface area contributed by atoms with E-state index in [1.165, 1.54) is 65.9 Å². The number of fused-ring (bicyclic) bond motifs is 10. The first-order valence-corrected chi connectivity index (χ1v) is 17.8. The highest BCUT2D eigenvalue weighted by Crippen LogP contribution is 2.42. The van der Waals surface area contributed by atoms with Crippen LogP contribution in [0.5, 0.6) is 0 Å². The Bertz CT molecular complexity index is 2950. The Kier molecular flexibility index (Phi) is 6.31. The minimum Gasteiger partial charge on any atom is -0.354 e. The summed E-state index contributed by atoms with van der Waals surface area (Å²) >= 11 is 0. The molecule has 0 radical (unpaired) electrons. The molecule has 5 nitrogen and oxygen atoms in total. The van der Waals surface area contributed by atoms with Gasteiger partial charge >= 0.3 is 0 Å². The lowest BCUT2D eigenvalue weighted by Gasteiger charge is -2.23.